The van der Waals surface area contributed by atoms with Crippen molar-refractivity contribution in [2.24, 2.45) is 0 Å². The lowest BCUT2D eigenvalue weighted by Crippen LogP contribution is -1.89. The van der Waals surface area contributed by atoms with Gasteiger partial charge in [-0.2, -0.15) is 0 Å². The molecule has 19 heavy (non-hydrogen) atoms. The van der Waals surface area contributed by atoms with Crippen LogP contribution in [0.4, 0.5) is 0 Å². The molecule has 0 nitrogen and oxygen atoms in total. The molecule has 100 valence electrons. The minimum Gasteiger partial charge on any atom is -0.0580 e. The fraction of sp³-hybridized carbons (Fsp3) is 0.294. The Kier molecular flexibility index (Phi) is 6.38. The first-order valence-electron chi connectivity index (χ1n) is 6.73. The average Bonchev–Trinajstić information content (AvgIpc) is 2.43. The second-order valence-electron chi connectivity index (χ2n) is 4.81. The third-order valence-corrected chi connectivity index (χ3v) is 4.51. The van der Waals surface area contributed by atoms with Gasteiger partial charge in [0.15, 0.2) is 0 Å². The third-order valence-electron chi connectivity index (χ3n) is 3.26. The van der Waals surface area contributed by atoms with Gasteiger partial charge in [0.25, 0.3) is 0 Å². The molecule has 0 spiro atoms. The molecule has 0 saturated heterocycles. The Morgan fingerprint density at radius 2 is 1.16 bits per heavy atom. The topological polar surface area (TPSA) is 0 Å². The van der Waals surface area contributed by atoms with Crippen molar-refractivity contribution >= 4 is 38.5 Å². The largest absolute Gasteiger partial charge is 0.0580 e. The van der Waals surface area contributed by atoms with E-state index in [0.717, 1.165) is 4.47 Å². The summed E-state index contributed by atoms with van der Waals surface area (Å²) in [5, 5.41) is 0. The summed E-state index contributed by atoms with van der Waals surface area (Å²) in [5.41, 5.74) is 2.90. The van der Waals surface area contributed by atoms with Gasteiger partial charge in [-0.1, -0.05) is 46.6 Å². The minimum absolute atomic E-state index is 1.16. The fourth-order valence-electron chi connectivity index (χ4n) is 2.14. The summed E-state index contributed by atoms with van der Waals surface area (Å²) < 4.78 is 2.48. The van der Waals surface area contributed by atoms with Crippen LogP contribution in [0.25, 0.3) is 0 Å². The molecule has 2 aromatic rings. The molecule has 0 amide bonds. The Hall–Kier alpha value is -0.350. The number of aryl methyl sites for hydroxylation is 2. The highest BCUT2D eigenvalue weighted by molar-refractivity contribution is 14.1. The molecule has 2 rings (SSSR count). The van der Waals surface area contributed by atoms with E-state index in [0.29, 0.717) is 0 Å². The van der Waals surface area contributed by atoms with Crippen molar-refractivity contribution in [2.45, 2.75) is 32.1 Å². The van der Waals surface area contributed by atoms with E-state index in [4.69, 9.17) is 0 Å². The first kappa shape index (κ1) is 15.0. The summed E-state index contributed by atoms with van der Waals surface area (Å²) in [6, 6.07) is 17.6. The van der Waals surface area contributed by atoms with E-state index in [1.165, 1.54) is 46.8 Å². The average molecular weight is 429 g/mol. The van der Waals surface area contributed by atoms with Crippen LogP contribution in [0.1, 0.15) is 30.4 Å². The molecule has 0 unspecified atom stereocenters. The van der Waals surface area contributed by atoms with Gasteiger partial charge < -0.3 is 0 Å². The van der Waals surface area contributed by atoms with Crippen LogP contribution in [0.15, 0.2) is 53.0 Å². The van der Waals surface area contributed by atoms with Crippen LogP contribution in [-0.2, 0) is 12.8 Å². The molecule has 0 N–H and O–H groups in total. The van der Waals surface area contributed by atoms with Gasteiger partial charge in [0.05, 0.1) is 0 Å². The van der Waals surface area contributed by atoms with Gasteiger partial charge in [0, 0.05) is 8.04 Å². The Morgan fingerprint density at radius 1 is 0.684 bits per heavy atom. The lowest BCUT2D eigenvalue weighted by atomic mass is 10.0. The van der Waals surface area contributed by atoms with Crippen molar-refractivity contribution in [3.8, 4) is 0 Å². The SMILES string of the molecule is Brc1ccc(CCCCCc2ccc(I)cc2)cc1. The number of unbranched alkanes of at least 4 members (excludes halogenated alkanes) is 2. The van der Waals surface area contributed by atoms with Crippen molar-refractivity contribution in [2.75, 3.05) is 0 Å². The van der Waals surface area contributed by atoms with Gasteiger partial charge in [-0.05, 0) is 83.7 Å². The van der Waals surface area contributed by atoms with Crippen LogP contribution in [0.3, 0.4) is 0 Å². The molecule has 0 saturated carbocycles. The van der Waals surface area contributed by atoms with Gasteiger partial charge in [0.1, 0.15) is 0 Å². The zero-order valence-electron chi connectivity index (χ0n) is 10.9. The van der Waals surface area contributed by atoms with Crippen LogP contribution in [0, 0.1) is 3.57 Å². The number of benzene rings is 2. The molecular weight excluding hydrogens is 411 g/mol. The standard InChI is InChI=1S/C17H18BrI/c18-16-10-6-14(7-11-16)4-2-1-3-5-15-8-12-17(19)13-9-15/h6-13H,1-5H2. The predicted octanol–water partition coefficient (Wildman–Crippen LogP) is 6.01. The molecule has 0 heterocycles. The quantitative estimate of drug-likeness (QED) is 0.390. The maximum Gasteiger partial charge on any atom is 0.0175 e. The normalized spacial score (nSPS) is 10.6. The van der Waals surface area contributed by atoms with Crippen molar-refractivity contribution in [3.05, 3.63) is 67.7 Å². The third kappa shape index (κ3) is 5.65. The molecule has 0 atom stereocenters. The Balaban J connectivity index is 1.64. The van der Waals surface area contributed by atoms with Gasteiger partial charge in [-0.15, -0.1) is 0 Å². The van der Waals surface area contributed by atoms with Crippen molar-refractivity contribution in [1.29, 1.82) is 0 Å². The Labute approximate surface area is 137 Å². The lowest BCUT2D eigenvalue weighted by Gasteiger charge is -2.03. The highest BCUT2D eigenvalue weighted by atomic mass is 127. The predicted molar refractivity (Wildman–Crippen MR) is 94.6 cm³/mol. The van der Waals surface area contributed by atoms with E-state index in [1.807, 2.05) is 0 Å². The second kappa shape index (κ2) is 8.05. The van der Waals surface area contributed by atoms with Gasteiger partial charge in [-0.25, -0.2) is 0 Å². The molecule has 0 bridgehead atoms. The van der Waals surface area contributed by atoms with E-state index in [1.54, 1.807) is 0 Å². The monoisotopic (exact) mass is 428 g/mol. The zero-order valence-corrected chi connectivity index (χ0v) is 14.7. The molecule has 0 fully saturated rings. The summed E-state index contributed by atoms with van der Waals surface area (Å²) >= 11 is 5.82. The maximum atomic E-state index is 3.47. The minimum atomic E-state index is 1.16. The second-order valence-corrected chi connectivity index (χ2v) is 6.97. The van der Waals surface area contributed by atoms with E-state index in [9.17, 15) is 0 Å². The molecule has 0 aliphatic rings. The first-order chi connectivity index (χ1) is 9.24. The van der Waals surface area contributed by atoms with Gasteiger partial charge >= 0.3 is 0 Å². The van der Waals surface area contributed by atoms with Crippen LogP contribution in [0.5, 0.6) is 0 Å². The van der Waals surface area contributed by atoms with Crippen LogP contribution in [-0.4, -0.2) is 0 Å². The number of halogens is 2. The van der Waals surface area contributed by atoms with Crippen molar-refractivity contribution < 1.29 is 0 Å². The Bertz CT molecular complexity index is 440. The maximum absolute atomic E-state index is 3.47. The molecule has 0 aromatic heterocycles. The summed E-state index contributed by atoms with van der Waals surface area (Å²) in [7, 11) is 0. The number of hydrogen-bond acceptors (Lipinski definition) is 0. The Morgan fingerprint density at radius 3 is 1.68 bits per heavy atom. The summed E-state index contributed by atoms with van der Waals surface area (Å²) in [4.78, 5) is 0. The first-order valence-corrected chi connectivity index (χ1v) is 8.60. The highest BCUT2D eigenvalue weighted by Gasteiger charge is 1.96. The van der Waals surface area contributed by atoms with Crippen LogP contribution in [0.2, 0.25) is 0 Å². The highest BCUT2D eigenvalue weighted by Crippen LogP contribution is 2.14. The summed E-state index contributed by atoms with van der Waals surface area (Å²) in [6.45, 7) is 0. The van der Waals surface area contributed by atoms with E-state index in [-0.39, 0.29) is 0 Å². The molecule has 0 radical (unpaired) electrons. The van der Waals surface area contributed by atoms with E-state index in [2.05, 4.69) is 87.1 Å². The summed E-state index contributed by atoms with van der Waals surface area (Å²) in [5.74, 6) is 0. The molecule has 0 aliphatic carbocycles. The van der Waals surface area contributed by atoms with Crippen molar-refractivity contribution in [3.63, 3.8) is 0 Å². The lowest BCUT2D eigenvalue weighted by molar-refractivity contribution is 0.678. The van der Waals surface area contributed by atoms with E-state index < -0.39 is 0 Å². The fourth-order valence-corrected chi connectivity index (χ4v) is 2.76. The zero-order chi connectivity index (χ0) is 13.5. The van der Waals surface area contributed by atoms with Crippen LogP contribution < -0.4 is 0 Å². The smallest absolute Gasteiger partial charge is 0.0175 e. The molecule has 2 heteroatoms. The number of rotatable bonds is 6. The van der Waals surface area contributed by atoms with Crippen molar-refractivity contribution in [1.82, 2.24) is 0 Å². The van der Waals surface area contributed by atoms with Gasteiger partial charge in [-0.3, -0.25) is 0 Å². The molecular formula is C17H18BrI. The molecule has 2 aromatic carbocycles. The van der Waals surface area contributed by atoms with E-state index >= 15 is 0 Å². The van der Waals surface area contributed by atoms with Crippen LogP contribution >= 0.6 is 38.5 Å². The molecule has 0 aliphatic heterocycles. The summed E-state index contributed by atoms with van der Waals surface area (Å²) in [6.07, 6.45) is 6.28. The number of hydrogen-bond donors (Lipinski definition) is 0. The van der Waals surface area contributed by atoms with Gasteiger partial charge in [0.2, 0.25) is 0 Å².